The molecular weight excluding hydrogens is 767 g/mol. The number of halogens is 3. The highest BCUT2D eigenvalue weighted by atomic mass is 127. The van der Waals surface area contributed by atoms with Crippen molar-refractivity contribution in [2.24, 2.45) is 4.99 Å². The molecule has 222 valence electrons. The molecule has 0 unspecified atom stereocenters. The van der Waals surface area contributed by atoms with Crippen LogP contribution < -0.4 is 24.4 Å². The van der Waals surface area contributed by atoms with Crippen molar-refractivity contribution in [1.82, 2.24) is 4.57 Å². The molecule has 0 amide bonds. The molecule has 1 aromatic heterocycles. The van der Waals surface area contributed by atoms with Crippen LogP contribution in [0.15, 0.2) is 86.2 Å². The molecule has 1 aliphatic rings. The molecule has 0 saturated heterocycles. The summed E-state index contributed by atoms with van der Waals surface area (Å²) in [5, 5.41) is 0.617. The molecule has 1 aliphatic heterocycles. The first-order chi connectivity index (χ1) is 20.7. The number of rotatable bonds is 9. The number of thiazole rings is 1. The van der Waals surface area contributed by atoms with Crippen molar-refractivity contribution in [3.8, 4) is 11.5 Å². The first kappa shape index (κ1) is 31.5. The molecule has 0 spiro atoms. The summed E-state index contributed by atoms with van der Waals surface area (Å²) in [5.41, 5.74) is 2.87. The average Bonchev–Trinajstić information content (AvgIpc) is 3.27. The maximum Gasteiger partial charge on any atom is 0.338 e. The average molecular weight is 794 g/mol. The molecule has 4 aromatic rings. The van der Waals surface area contributed by atoms with Crippen molar-refractivity contribution in [3.05, 3.63) is 121 Å². The molecule has 43 heavy (non-hydrogen) atoms. The van der Waals surface area contributed by atoms with E-state index in [9.17, 15) is 9.59 Å². The van der Waals surface area contributed by atoms with Gasteiger partial charge >= 0.3 is 5.97 Å². The number of esters is 1. The van der Waals surface area contributed by atoms with Gasteiger partial charge in [-0.15, -0.1) is 0 Å². The molecule has 5 rings (SSSR count). The Morgan fingerprint density at radius 3 is 2.56 bits per heavy atom. The molecule has 0 saturated carbocycles. The van der Waals surface area contributed by atoms with Crippen LogP contribution in [0.4, 0.5) is 0 Å². The number of fused-ring (bicyclic) bond motifs is 1. The highest BCUT2D eigenvalue weighted by Crippen LogP contribution is 2.33. The van der Waals surface area contributed by atoms with Crippen LogP contribution >= 0.6 is 61.5 Å². The topological polar surface area (TPSA) is 79.1 Å². The third kappa shape index (κ3) is 6.77. The summed E-state index contributed by atoms with van der Waals surface area (Å²) in [6, 6.07) is 18.0. The fourth-order valence-corrected chi connectivity index (χ4v) is 7.70. The number of benzene rings is 3. The van der Waals surface area contributed by atoms with Crippen molar-refractivity contribution in [2.75, 3.05) is 13.2 Å². The van der Waals surface area contributed by atoms with Gasteiger partial charge in [-0.05, 0) is 85.3 Å². The van der Waals surface area contributed by atoms with Crippen LogP contribution in [0.2, 0.25) is 5.02 Å². The molecular formula is C32H27BrClIN2O5S. The number of allylic oxidation sites excluding steroid dienone is 1. The van der Waals surface area contributed by atoms with E-state index in [1.807, 2.05) is 67.6 Å². The van der Waals surface area contributed by atoms with Crippen LogP contribution in [0.3, 0.4) is 0 Å². The molecule has 1 atom stereocenters. The lowest BCUT2D eigenvalue weighted by Crippen LogP contribution is -2.39. The van der Waals surface area contributed by atoms with Crippen molar-refractivity contribution >= 4 is 73.5 Å². The zero-order valence-electron chi connectivity index (χ0n) is 23.5. The Morgan fingerprint density at radius 1 is 1.12 bits per heavy atom. The smallest absolute Gasteiger partial charge is 0.338 e. The predicted molar refractivity (Wildman–Crippen MR) is 181 cm³/mol. The Bertz CT molecular complexity index is 1900. The van der Waals surface area contributed by atoms with Crippen molar-refractivity contribution < 1.29 is 19.0 Å². The van der Waals surface area contributed by atoms with E-state index in [1.54, 1.807) is 24.5 Å². The maximum absolute atomic E-state index is 14.1. The fraction of sp³-hybridized carbons (Fsp3) is 0.219. The Hall–Kier alpha value is -2.93. The van der Waals surface area contributed by atoms with Gasteiger partial charge in [0.1, 0.15) is 18.1 Å². The Kier molecular flexibility index (Phi) is 10.1. The van der Waals surface area contributed by atoms with Crippen LogP contribution in [0.5, 0.6) is 11.5 Å². The lowest BCUT2D eigenvalue weighted by atomic mass is 9.96. The van der Waals surface area contributed by atoms with E-state index < -0.39 is 12.0 Å². The summed E-state index contributed by atoms with van der Waals surface area (Å²) in [5.74, 6) is 0.820. The molecule has 3 aromatic carbocycles. The number of hydrogen-bond donors (Lipinski definition) is 0. The predicted octanol–water partition coefficient (Wildman–Crippen LogP) is 6.80. The molecule has 2 heterocycles. The van der Waals surface area contributed by atoms with Gasteiger partial charge in [-0.2, -0.15) is 0 Å². The quantitative estimate of drug-likeness (QED) is 0.138. The van der Waals surface area contributed by atoms with Gasteiger partial charge in [-0.25, -0.2) is 9.79 Å². The van der Waals surface area contributed by atoms with Crippen molar-refractivity contribution in [3.63, 3.8) is 0 Å². The Balaban J connectivity index is 1.64. The van der Waals surface area contributed by atoms with Gasteiger partial charge in [0.15, 0.2) is 4.80 Å². The van der Waals surface area contributed by atoms with Crippen LogP contribution in [-0.4, -0.2) is 23.8 Å². The SMILES string of the molecule is CCOC(=O)C1=C(C)N=c2s/c(=C\c3cc(Br)cc(I)c3OCc3ccccc3Cl)c(=O)n2[C@H]1c1ccc(OCC)cc1. The van der Waals surface area contributed by atoms with E-state index in [4.69, 9.17) is 25.8 Å². The second kappa shape index (κ2) is 13.8. The lowest BCUT2D eigenvalue weighted by molar-refractivity contribution is -0.139. The standard InChI is InChI=1S/C32H27BrClIN2O5S/c1-4-40-23-12-10-19(11-13-23)28-27(31(39)41-5-2)18(3)36-32-37(28)30(38)26(43-32)15-21-14-22(33)16-25(35)29(21)42-17-20-8-6-7-9-24(20)34/h6-16,28H,4-5,17H2,1-3H3/b26-15-/t28-/m0/s1. The summed E-state index contributed by atoms with van der Waals surface area (Å²) in [4.78, 5) is 32.5. The molecule has 0 radical (unpaired) electrons. The highest BCUT2D eigenvalue weighted by molar-refractivity contribution is 14.1. The van der Waals surface area contributed by atoms with Crippen LogP contribution in [0.25, 0.3) is 6.08 Å². The lowest BCUT2D eigenvalue weighted by Gasteiger charge is -2.24. The van der Waals surface area contributed by atoms with E-state index >= 15 is 0 Å². The second-order valence-electron chi connectivity index (χ2n) is 9.49. The molecule has 7 nitrogen and oxygen atoms in total. The van der Waals surface area contributed by atoms with Gasteiger partial charge in [0.2, 0.25) is 0 Å². The van der Waals surface area contributed by atoms with Crippen LogP contribution in [0.1, 0.15) is 43.5 Å². The molecule has 11 heteroatoms. The van der Waals surface area contributed by atoms with Crippen molar-refractivity contribution in [1.29, 1.82) is 0 Å². The van der Waals surface area contributed by atoms with E-state index in [2.05, 4.69) is 43.5 Å². The summed E-state index contributed by atoms with van der Waals surface area (Å²) in [6.07, 6.45) is 1.80. The molecule has 0 N–H and O–H groups in total. The third-order valence-corrected chi connectivity index (χ3v) is 9.29. The second-order valence-corrected chi connectivity index (χ2v) is 13.0. The van der Waals surface area contributed by atoms with Crippen LogP contribution in [0, 0.1) is 3.57 Å². The molecule has 0 fully saturated rings. The first-order valence-electron chi connectivity index (χ1n) is 13.5. The number of carbonyl (C=O) groups excluding carboxylic acids is 1. The van der Waals surface area contributed by atoms with Gasteiger partial charge in [-0.3, -0.25) is 9.36 Å². The van der Waals surface area contributed by atoms with Gasteiger partial charge in [-0.1, -0.05) is 69.2 Å². The maximum atomic E-state index is 14.1. The molecule has 0 bridgehead atoms. The van der Waals surface area contributed by atoms with E-state index in [0.29, 0.717) is 43.7 Å². The van der Waals surface area contributed by atoms with E-state index in [-0.39, 0.29) is 18.8 Å². The minimum absolute atomic E-state index is 0.203. The fourth-order valence-electron chi connectivity index (χ4n) is 4.77. The van der Waals surface area contributed by atoms with Gasteiger partial charge in [0, 0.05) is 20.6 Å². The summed E-state index contributed by atoms with van der Waals surface area (Å²) >= 11 is 13.4. The summed E-state index contributed by atoms with van der Waals surface area (Å²) < 4.78 is 21.0. The zero-order chi connectivity index (χ0) is 30.7. The van der Waals surface area contributed by atoms with Crippen molar-refractivity contribution in [2.45, 2.75) is 33.4 Å². The summed E-state index contributed by atoms with van der Waals surface area (Å²) in [6.45, 7) is 6.42. The highest BCUT2D eigenvalue weighted by Gasteiger charge is 2.33. The number of hydrogen-bond acceptors (Lipinski definition) is 7. The largest absolute Gasteiger partial charge is 0.494 e. The van der Waals surface area contributed by atoms with Crippen LogP contribution in [-0.2, 0) is 16.1 Å². The number of ether oxygens (including phenoxy) is 3. The zero-order valence-corrected chi connectivity index (χ0v) is 28.8. The first-order valence-corrected chi connectivity index (χ1v) is 16.6. The molecule has 0 aliphatic carbocycles. The minimum Gasteiger partial charge on any atom is -0.494 e. The Labute approximate surface area is 279 Å². The Morgan fingerprint density at radius 2 is 1.86 bits per heavy atom. The van der Waals surface area contributed by atoms with E-state index in [0.717, 1.165) is 24.7 Å². The number of nitrogens with zero attached hydrogens (tertiary/aromatic N) is 2. The summed E-state index contributed by atoms with van der Waals surface area (Å²) in [7, 11) is 0. The number of aromatic nitrogens is 1. The van der Waals surface area contributed by atoms with Gasteiger partial charge in [0.05, 0.1) is 38.6 Å². The monoisotopic (exact) mass is 792 g/mol. The third-order valence-electron chi connectivity index (χ3n) is 6.68. The van der Waals surface area contributed by atoms with Gasteiger partial charge < -0.3 is 14.2 Å². The minimum atomic E-state index is -0.716. The van der Waals surface area contributed by atoms with Gasteiger partial charge in [0.25, 0.3) is 5.56 Å². The normalized spacial score (nSPS) is 14.7. The number of carbonyl (C=O) groups is 1. The van der Waals surface area contributed by atoms with E-state index in [1.165, 1.54) is 11.3 Å².